The molecule has 0 saturated carbocycles. The molecule has 104 valence electrons. The first-order valence-corrected chi connectivity index (χ1v) is 7.50. The third-order valence-corrected chi connectivity index (χ3v) is 4.64. The highest BCUT2D eigenvalue weighted by Crippen LogP contribution is 2.27. The minimum absolute atomic E-state index is 0.0261. The van der Waals surface area contributed by atoms with Gasteiger partial charge in [-0.3, -0.25) is 0 Å². The first-order chi connectivity index (χ1) is 8.95. The first kappa shape index (κ1) is 13.8. The molecule has 7 heteroatoms. The summed E-state index contributed by atoms with van der Waals surface area (Å²) in [5.74, 6) is -1.12. The van der Waals surface area contributed by atoms with Gasteiger partial charge in [-0.1, -0.05) is 0 Å². The molecule has 1 aromatic carbocycles. The number of aromatic carboxylic acids is 1. The number of carboxylic acids is 1. The summed E-state index contributed by atoms with van der Waals surface area (Å²) >= 11 is 0. The van der Waals surface area contributed by atoms with E-state index in [9.17, 15) is 18.3 Å². The highest BCUT2D eigenvalue weighted by atomic mass is 32.2. The Labute approximate surface area is 112 Å². The monoisotopic (exact) mass is 284 g/mol. The lowest BCUT2D eigenvalue weighted by atomic mass is 10.1. The third kappa shape index (κ3) is 2.71. The van der Waals surface area contributed by atoms with Gasteiger partial charge in [-0.05, 0) is 38.1 Å². The fraction of sp³-hybridized carbons (Fsp3) is 0.417. The lowest BCUT2D eigenvalue weighted by Crippen LogP contribution is -2.22. The molecule has 0 atom stereocenters. The number of benzene rings is 1. The van der Waals surface area contributed by atoms with Crippen molar-refractivity contribution in [3.05, 3.63) is 23.8 Å². The number of anilines is 1. The number of hydrogen-bond donors (Lipinski definition) is 2. The third-order valence-electron chi connectivity index (χ3n) is 3.22. The smallest absolute Gasteiger partial charge is 0.337 e. The van der Waals surface area contributed by atoms with Crippen molar-refractivity contribution in [1.82, 2.24) is 4.72 Å². The Kier molecular flexibility index (Phi) is 3.77. The van der Waals surface area contributed by atoms with Crippen LogP contribution in [-0.2, 0) is 10.0 Å². The summed E-state index contributed by atoms with van der Waals surface area (Å²) in [6.45, 7) is 1.61. The molecule has 1 fully saturated rings. The van der Waals surface area contributed by atoms with Gasteiger partial charge in [-0.25, -0.2) is 17.9 Å². The molecule has 1 aliphatic rings. The van der Waals surface area contributed by atoms with Gasteiger partial charge in [-0.2, -0.15) is 0 Å². The molecule has 1 saturated heterocycles. The zero-order chi connectivity index (χ0) is 14.0. The second kappa shape index (κ2) is 5.18. The van der Waals surface area contributed by atoms with E-state index in [4.69, 9.17) is 0 Å². The quantitative estimate of drug-likeness (QED) is 0.857. The SMILES string of the molecule is CNS(=O)(=O)c1ccc(N2CCCC2)c(C(=O)O)c1. The number of hydrogen-bond acceptors (Lipinski definition) is 4. The van der Waals surface area contributed by atoms with Crippen LogP contribution in [0.2, 0.25) is 0 Å². The van der Waals surface area contributed by atoms with Crippen LogP contribution in [0.5, 0.6) is 0 Å². The van der Waals surface area contributed by atoms with Gasteiger partial charge >= 0.3 is 5.97 Å². The summed E-state index contributed by atoms with van der Waals surface area (Å²) in [6, 6.07) is 4.22. The molecule has 0 aliphatic carbocycles. The standard InChI is InChI=1S/C12H16N2O4S/c1-13-19(17,18)9-4-5-11(10(8-9)12(15)16)14-6-2-3-7-14/h4-5,8,13H,2-3,6-7H2,1H3,(H,15,16). The van der Waals surface area contributed by atoms with E-state index in [0.29, 0.717) is 5.69 Å². The van der Waals surface area contributed by atoms with Crippen LogP contribution in [0.4, 0.5) is 5.69 Å². The van der Waals surface area contributed by atoms with Crippen LogP contribution in [0.1, 0.15) is 23.2 Å². The molecule has 19 heavy (non-hydrogen) atoms. The minimum atomic E-state index is -3.63. The second-order valence-electron chi connectivity index (χ2n) is 4.39. The van der Waals surface area contributed by atoms with Gasteiger partial charge < -0.3 is 10.0 Å². The van der Waals surface area contributed by atoms with Crippen molar-refractivity contribution in [2.75, 3.05) is 25.0 Å². The van der Waals surface area contributed by atoms with Gasteiger partial charge in [-0.15, -0.1) is 0 Å². The summed E-state index contributed by atoms with van der Waals surface area (Å²) in [6.07, 6.45) is 2.05. The molecule has 0 amide bonds. The van der Waals surface area contributed by atoms with E-state index < -0.39 is 16.0 Å². The van der Waals surface area contributed by atoms with E-state index in [1.54, 1.807) is 6.07 Å². The van der Waals surface area contributed by atoms with Gasteiger partial charge in [0.05, 0.1) is 16.1 Å². The Bertz CT molecular complexity index is 592. The molecule has 0 radical (unpaired) electrons. The molecular weight excluding hydrogens is 268 g/mol. The molecule has 0 bridgehead atoms. The topological polar surface area (TPSA) is 86.7 Å². The van der Waals surface area contributed by atoms with Crippen LogP contribution >= 0.6 is 0 Å². The number of nitrogens with one attached hydrogen (secondary N) is 1. The molecule has 1 aliphatic heterocycles. The summed E-state index contributed by atoms with van der Waals surface area (Å²) in [4.78, 5) is 13.2. The Hall–Kier alpha value is -1.60. The highest BCUT2D eigenvalue weighted by Gasteiger charge is 2.22. The van der Waals surface area contributed by atoms with Crippen LogP contribution in [-0.4, -0.2) is 39.6 Å². The summed E-state index contributed by atoms with van der Waals surface area (Å²) < 4.78 is 25.6. The first-order valence-electron chi connectivity index (χ1n) is 6.01. The van der Waals surface area contributed by atoms with Crippen molar-refractivity contribution in [3.63, 3.8) is 0 Å². The van der Waals surface area contributed by atoms with Crippen LogP contribution in [0.15, 0.2) is 23.1 Å². The maximum atomic E-state index is 11.7. The molecule has 1 aromatic rings. The van der Waals surface area contributed by atoms with Crippen LogP contribution < -0.4 is 9.62 Å². The molecule has 6 nitrogen and oxygen atoms in total. The lowest BCUT2D eigenvalue weighted by Gasteiger charge is -2.20. The molecule has 1 heterocycles. The minimum Gasteiger partial charge on any atom is -0.478 e. The van der Waals surface area contributed by atoms with E-state index in [2.05, 4.69) is 4.72 Å². The molecule has 0 aromatic heterocycles. The zero-order valence-corrected chi connectivity index (χ0v) is 11.4. The van der Waals surface area contributed by atoms with Gasteiger partial charge in [0.25, 0.3) is 0 Å². The van der Waals surface area contributed by atoms with Crippen molar-refractivity contribution in [3.8, 4) is 0 Å². The number of rotatable bonds is 4. The Morgan fingerprint density at radius 2 is 1.95 bits per heavy atom. The zero-order valence-electron chi connectivity index (χ0n) is 10.6. The van der Waals surface area contributed by atoms with Crippen molar-refractivity contribution in [2.24, 2.45) is 0 Å². The fourth-order valence-corrected chi connectivity index (χ4v) is 2.96. The van der Waals surface area contributed by atoms with Gasteiger partial charge in [0.2, 0.25) is 10.0 Å². The number of carbonyl (C=O) groups is 1. The second-order valence-corrected chi connectivity index (χ2v) is 6.27. The maximum Gasteiger partial charge on any atom is 0.337 e. The van der Waals surface area contributed by atoms with E-state index in [1.165, 1.54) is 19.2 Å². The average molecular weight is 284 g/mol. The van der Waals surface area contributed by atoms with Crippen molar-refractivity contribution < 1.29 is 18.3 Å². The molecule has 2 N–H and O–H groups in total. The van der Waals surface area contributed by atoms with Gasteiger partial charge in [0.15, 0.2) is 0 Å². The highest BCUT2D eigenvalue weighted by molar-refractivity contribution is 7.89. The molecular formula is C12H16N2O4S. The normalized spacial score (nSPS) is 15.7. The van der Waals surface area contributed by atoms with Crippen molar-refractivity contribution in [1.29, 1.82) is 0 Å². The molecule has 2 rings (SSSR count). The Balaban J connectivity index is 2.49. The number of sulfonamides is 1. The van der Waals surface area contributed by atoms with Gasteiger partial charge in [0.1, 0.15) is 0 Å². The average Bonchev–Trinajstić information content (AvgIpc) is 2.91. The maximum absolute atomic E-state index is 11.7. The van der Waals surface area contributed by atoms with E-state index in [-0.39, 0.29) is 10.5 Å². The lowest BCUT2D eigenvalue weighted by molar-refractivity contribution is 0.0697. The number of nitrogens with zero attached hydrogens (tertiary/aromatic N) is 1. The van der Waals surface area contributed by atoms with Crippen LogP contribution in [0, 0.1) is 0 Å². The fourth-order valence-electron chi connectivity index (χ4n) is 2.21. The molecule has 0 unspecified atom stereocenters. The van der Waals surface area contributed by atoms with Crippen molar-refractivity contribution in [2.45, 2.75) is 17.7 Å². The van der Waals surface area contributed by atoms with Crippen LogP contribution in [0.3, 0.4) is 0 Å². The Morgan fingerprint density at radius 1 is 1.32 bits per heavy atom. The number of carboxylic acid groups (broad SMARTS) is 1. The summed E-state index contributed by atoms with van der Waals surface area (Å²) in [5.41, 5.74) is 0.610. The van der Waals surface area contributed by atoms with E-state index in [0.717, 1.165) is 25.9 Å². The predicted molar refractivity (Wildman–Crippen MR) is 71.1 cm³/mol. The largest absolute Gasteiger partial charge is 0.478 e. The Morgan fingerprint density at radius 3 is 2.47 bits per heavy atom. The van der Waals surface area contributed by atoms with Gasteiger partial charge in [0, 0.05) is 13.1 Å². The van der Waals surface area contributed by atoms with Crippen LogP contribution in [0.25, 0.3) is 0 Å². The predicted octanol–water partition coefficient (Wildman–Crippen LogP) is 0.893. The summed E-state index contributed by atoms with van der Waals surface area (Å²) in [5, 5.41) is 9.25. The van der Waals surface area contributed by atoms with E-state index in [1.807, 2.05) is 4.90 Å². The molecule has 0 spiro atoms. The van der Waals surface area contributed by atoms with E-state index >= 15 is 0 Å². The summed E-state index contributed by atoms with van der Waals surface area (Å²) in [7, 11) is -2.33. The van der Waals surface area contributed by atoms with Crippen molar-refractivity contribution >= 4 is 21.7 Å².